The molecule has 1 aromatic carbocycles. The summed E-state index contributed by atoms with van der Waals surface area (Å²) in [6, 6.07) is 6.54. The van der Waals surface area contributed by atoms with Crippen LogP contribution in [0.5, 0.6) is 5.75 Å². The average molecular weight is 287 g/mol. The molecule has 0 spiro atoms. The molecule has 0 saturated heterocycles. The quantitative estimate of drug-likeness (QED) is 0.880. The minimum Gasteiger partial charge on any atom is -0.479 e. The van der Waals surface area contributed by atoms with Crippen molar-refractivity contribution in [3.8, 4) is 5.75 Å². The zero-order valence-electron chi connectivity index (χ0n) is 11.5. The van der Waals surface area contributed by atoms with Crippen LogP contribution in [0, 0.1) is 6.92 Å². The normalized spacial score (nSPS) is 16.7. The van der Waals surface area contributed by atoms with E-state index in [-0.39, 0.29) is 11.7 Å². The van der Waals surface area contributed by atoms with E-state index in [1.807, 2.05) is 0 Å². The first-order chi connectivity index (χ1) is 10.0. The number of carbonyl (C=O) groups is 2. The Hall–Kier alpha value is -2.83. The summed E-state index contributed by atoms with van der Waals surface area (Å²) >= 11 is 0. The lowest BCUT2D eigenvalue weighted by molar-refractivity contribution is -0.122. The van der Waals surface area contributed by atoms with Crippen molar-refractivity contribution in [1.29, 1.82) is 0 Å². The Balaban J connectivity index is 1.80. The van der Waals surface area contributed by atoms with Crippen molar-refractivity contribution in [3.63, 3.8) is 0 Å². The standard InChI is InChI=1S/C14H13N3O4/c1-7-5-12(21-17-7)14(19)15-9-3-4-11-10(6-9)16-13(18)8(2)20-11/h3-6,8H,1-2H3,(H,15,19)(H,16,18)/t8-/m0/s1. The lowest BCUT2D eigenvalue weighted by atomic mass is 10.2. The number of anilines is 2. The predicted octanol–water partition coefficient (Wildman–Crippen LogP) is 1.95. The second kappa shape index (κ2) is 4.93. The molecule has 1 aliphatic heterocycles. The van der Waals surface area contributed by atoms with Gasteiger partial charge in [0, 0.05) is 11.8 Å². The third-order valence-electron chi connectivity index (χ3n) is 3.02. The summed E-state index contributed by atoms with van der Waals surface area (Å²) in [6.07, 6.45) is -0.532. The molecule has 21 heavy (non-hydrogen) atoms. The minimum absolute atomic E-state index is 0.124. The SMILES string of the molecule is Cc1cc(C(=O)Nc2ccc3c(c2)NC(=O)[C@H](C)O3)on1. The number of aryl methyl sites for hydroxylation is 1. The van der Waals surface area contributed by atoms with Crippen molar-refractivity contribution in [2.45, 2.75) is 20.0 Å². The van der Waals surface area contributed by atoms with E-state index < -0.39 is 12.0 Å². The molecule has 7 heteroatoms. The first-order valence-electron chi connectivity index (χ1n) is 6.39. The molecule has 2 amide bonds. The number of hydrogen-bond acceptors (Lipinski definition) is 5. The number of hydrogen-bond donors (Lipinski definition) is 2. The lowest BCUT2D eigenvalue weighted by Gasteiger charge is -2.23. The number of rotatable bonds is 2. The van der Waals surface area contributed by atoms with Crippen LogP contribution in [0.15, 0.2) is 28.8 Å². The van der Waals surface area contributed by atoms with Crippen LogP contribution >= 0.6 is 0 Å². The van der Waals surface area contributed by atoms with Crippen LogP contribution in [0.2, 0.25) is 0 Å². The van der Waals surface area contributed by atoms with E-state index in [9.17, 15) is 9.59 Å². The van der Waals surface area contributed by atoms with Crippen molar-refractivity contribution < 1.29 is 18.8 Å². The predicted molar refractivity (Wildman–Crippen MR) is 74.4 cm³/mol. The van der Waals surface area contributed by atoms with Crippen LogP contribution in [0.25, 0.3) is 0 Å². The zero-order chi connectivity index (χ0) is 15.0. The molecule has 2 heterocycles. The van der Waals surface area contributed by atoms with Crippen molar-refractivity contribution in [2.75, 3.05) is 10.6 Å². The van der Waals surface area contributed by atoms with Crippen LogP contribution < -0.4 is 15.4 Å². The Morgan fingerprint density at radius 1 is 1.38 bits per heavy atom. The maximum absolute atomic E-state index is 11.9. The smallest absolute Gasteiger partial charge is 0.294 e. The molecule has 1 aromatic heterocycles. The van der Waals surface area contributed by atoms with E-state index in [1.165, 1.54) is 0 Å². The molecular formula is C14H13N3O4. The largest absolute Gasteiger partial charge is 0.479 e. The van der Waals surface area contributed by atoms with Crippen LogP contribution in [-0.2, 0) is 4.79 Å². The summed E-state index contributed by atoms with van der Waals surface area (Å²) in [5.41, 5.74) is 1.66. The number of benzene rings is 1. The molecule has 108 valence electrons. The maximum atomic E-state index is 11.9. The zero-order valence-corrected chi connectivity index (χ0v) is 11.5. The molecule has 0 saturated carbocycles. The third kappa shape index (κ3) is 2.58. The van der Waals surface area contributed by atoms with E-state index >= 15 is 0 Å². The van der Waals surface area contributed by atoms with Crippen LogP contribution in [0.4, 0.5) is 11.4 Å². The molecule has 1 aliphatic rings. The van der Waals surface area contributed by atoms with Gasteiger partial charge in [-0.05, 0) is 32.0 Å². The first kappa shape index (κ1) is 13.2. The van der Waals surface area contributed by atoms with E-state index in [1.54, 1.807) is 38.1 Å². The summed E-state index contributed by atoms with van der Waals surface area (Å²) in [7, 11) is 0. The highest BCUT2D eigenvalue weighted by molar-refractivity contribution is 6.03. The van der Waals surface area contributed by atoms with E-state index in [2.05, 4.69) is 15.8 Å². The molecule has 0 aliphatic carbocycles. The van der Waals surface area contributed by atoms with Gasteiger partial charge in [-0.25, -0.2) is 0 Å². The molecule has 2 aromatic rings. The summed E-state index contributed by atoms with van der Waals surface area (Å²) in [5.74, 6) is 0.0542. The fourth-order valence-corrected chi connectivity index (χ4v) is 1.95. The van der Waals surface area contributed by atoms with E-state index in [0.717, 1.165) is 0 Å². The molecular weight excluding hydrogens is 274 g/mol. The Morgan fingerprint density at radius 3 is 2.90 bits per heavy atom. The highest BCUT2D eigenvalue weighted by atomic mass is 16.5. The highest BCUT2D eigenvalue weighted by Gasteiger charge is 2.23. The van der Waals surface area contributed by atoms with Crippen LogP contribution in [0.3, 0.4) is 0 Å². The van der Waals surface area contributed by atoms with Crippen molar-refractivity contribution in [1.82, 2.24) is 5.16 Å². The molecule has 0 unspecified atom stereocenters. The fourth-order valence-electron chi connectivity index (χ4n) is 1.95. The average Bonchev–Trinajstić information content (AvgIpc) is 2.87. The van der Waals surface area contributed by atoms with Gasteiger partial charge in [0.25, 0.3) is 11.8 Å². The molecule has 0 radical (unpaired) electrons. The van der Waals surface area contributed by atoms with Crippen LogP contribution in [-0.4, -0.2) is 23.1 Å². The first-order valence-corrected chi connectivity index (χ1v) is 6.39. The molecule has 7 nitrogen and oxygen atoms in total. The van der Waals surface area contributed by atoms with Crippen molar-refractivity contribution in [2.24, 2.45) is 0 Å². The summed E-state index contributed by atoms with van der Waals surface area (Å²) in [5, 5.41) is 9.04. The second-order valence-electron chi connectivity index (χ2n) is 4.75. The van der Waals surface area contributed by atoms with Gasteiger partial charge in [-0.1, -0.05) is 5.16 Å². The Bertz CT molecular complexity index is 723. The molecule has 2 N–H and O–H groups in total. The number of aromatic nitrogens is 1. The monoisotopic (exact) mass is 287 g/mol. The van der Waals surface area contributed by atoms with Gasteiger partial charge in [-0.2, -0.15) is 0 Å². The number of amides is 2. The molecule has 1 atom stereocenters. The van der Waals surface area contributed by atoms with Crippen molar-refractivity contribution in [3.05, 3.63) is 35.7 Å². The van der Waals surface area contributed by atoms with Gasteiger partial charge in [0.05, 0.1) is 11.4 Å². The number of ether oxygens (including phenoxy) is 1. The topological polar surface area (TPSA) is 93.5 Å². The van der Waals surface area contributed by atoms with E-state index in [0.29, 0.717) is 22.8 Å². The van der Waals surface area contributed by atoms with Gasteiger partial charge in [0.2, 0.25) is 5.76 Å². The van der Waals surface area contributed by atoms with Gasteiger partial charge in [0.1, 0.15) is 5.75 Å². The molecule has 0 bridgehead atoms. The van der Waals surface area contributed by atoms with Gasteiger partial charge in [-0.15, -0.1) is 0 Å². The second-order valence-corrected chi connectivity index (χ2v) is 4.75. The number of fused-ring (bicyclic) bond motifs is 1. The Morgan fingerprint density at radius 2 is 2.19 bits per heavy atom. The van der Waals surface area contributed by atoms with Gasteiger partial charge in [0.15, 0.2) is 6.10 Å². The third-order valence-corrected chi connectivity index (χ3v) is 3.02. The molecule has 0 fully saturated rings. The summed E-state index contributed by atoms with van der Waals surface area (Å²) < 4.78 is 10.3. The maximum Gasteiger partial charge on any atom is 0.294 e. The van der Waals surface area contributed by atoms with E-state index in [4.69, 9.17) is 9.26 Å². The van der Waals surface area contributed by atoms with Gasteiger partial charge >= 0.3 is 0 Å². The molecule has 3 rings (SSSR count). The van der Waals surface area contributed by atoms with Gasteiger partial charge < -0.3 is 19.9 Å². The fraction of sp³-hybridized carbons (Fsp3) is 0.214. The number of carbonyl (C=O) groups excluding carboxylic acids is 2. The van der Waals surface area contributed by atoms with Crippen molar-refractivity contribution >= 4 is 23.2 Å². The lowest BCUT2D eigenvalue weighted by Crippen LogP contribution is -2.34. The minimum atomic E-state index is -0.532. The van der Waals surface area contributed by atoms with Gasteiger partial charge in [-0.3, -0.25) is 9.59 Å². The Kier molecular flexibility index (Phi) is 3.09. The number of nitrogens with one attached hydrogen (secondary N) is 2. The number of nitrogens with zero attached hydrogens (tertiary/aromatic N) is 1. The van der Waals surface area contributed by atoms with Crippen LogP contribution in [0.1, 0.15) is 23.2 Å². The Labute approximate surface area is 120 Å². The summed E-state index contributed by atoms with van der Waals surface area (Å²) in [4.78, 5) is 23.5. The highest BCUT2D eigenvalue weighted by Crippen LogP contribution is 2.32. The summed E-state index contributed by atoms with van der Waals surface area (Å²) in [6.45, 7) is 3.40.